The van der Waals surface area contributed by atoms with E-state index in [2.05, 4.69) is 46.4 Å². The van der Waals surface area contributed by atoms with Crippen molar-refractivity contribution in [2.45, 2.75) is 38.6 Å². The lowest BCUT2D eigenvalue weighted by Crippen LogP contribution is -2.47. The van der Waals surface area contributed by atoms with Crippen LogP contribution in [0.2, 0.25) is 0 Å². The molecule has 0 aliphatic carbocycles. The molecule has 0 radical (unpaired) electrons. The van der Waals surface area contributed by atoms with Gasteiger partial charge < -0.3 is 4.90 Å². The summed E-state index contributed by atoms with van der Waals surface area (Å²) in [5.74, 6) is 1.64. The third-order valence-electron chi connectivity index (χ3n) is 4.23. The van der Waals surface area contributed by atoms with Gasteiger partial charge in [-0.05, 0) is 18.9 Å². The van der Waals surface area contributed by atoms with Crippen molar-refractivity contribution in [2.24, 2.45) is 0 Å². The number of nitrogens with zero attached hydrogens (tertiary/aromatic N) is 3. The maximum atomic E-state index is 12.2. The molecular weight excluding hydrogens is 264 g/mol. The molecule has 110 valence electrons. The number of hydrogen-bond donors (Lipinski definition) is 1. The minimum absolute atomic E-state index is 0.000518. The predicted molar refractivity (Wildman–Crippen MR) is 79.6 cm³/mol. The Morgan fingerprint density at radius 3 is 2.76 bits per heavy atom. The van der Waals surface area contributed by atoms with E-state index < -0.39 is 0 Å². The van der Waals surface area contributed by atoms with Gasteiger partial charge in [0, 0.05) is 18.4 Å². The van der Waals surface area contributed by atoms with Crippen LogP contribution in [0.5, 0.6) is 0 Å². The van der Waals surface area contributed by atoms with E-state index in [1.807, 2.05) is 17.9 Å². The highest BCUT2D eigenvalue weighted by Gasteiger charge is 2.36. The van der Waals surface area contributed by atoms with Crippen LogP contribution in [-0.4, -0.2) is 32.5 Å². The number of hydrogen-bond acceptors (Lipinski definition) is 3. The zero-order valence-electron chi connectivity index (χ0n) is 12.5. The van der Waals surface area contributed by atoms with Crippen molar-refractivity contribution in [1.29, 1.82) is 0 Å². The molecule has 0 unspecified atom stereocenters. The molecule has 1 aliphatic rings. The van der Waals surface area contributed by atoms with Crippen molar-refractivity contribution in [3.8, 4) is 0 Å². The molecule has 2 heterocycles. The van der Waals surface area contributed by atoms with Crippen LogP contribution in [0.3, 0.4) is 0 Å². The van der Waals surface area contributed by atoms with Gasteiger partial charge in [-0.3, -0.25) is 9.89 Å². The zero-order chi connectivity index (χ0) is 14.9. The van der Waals surface area contributed by atoms with Crippen molar-refractivity contribution in [3.05, 3.63) is 47.5 Å². The molecule has 1 aromatic carbocycles. The summed E-state index contributed by atoms with van der Waals surface area (Å²) in [5.41, 5.74) is 1.29. The van der Waals surface area contributed by atoms with Crippen molar-refractivity contribution in [2.75, 3.05) is 6.54 Å². The van der Waals surface area contributed by atoms with Crippen LogP contribution in [-0.2, 0) is 16.8 Å². The van der Waals surface area contributed by atoms with Crippen LogP contribution in [0.25, 0.3) is 0 Å². The number of H-pyrrole nitrogens is 1. The fourth-order valence-corrected chi connectivity index (χ4v) is 2.98. The number of aryl methyl sites for hydroxylation is 1. The molecule has 2 aromatic rings. The summed E-state index contributed by atoms with van der Waals surface area (Å²) in [7, 11) is 0. The molecule has 21 heavy (non-hydrogen) atoms. The van der Waals surface area contributed by atoms with Crippen molar-refractivity contribution < 1.29 is 4.79 Å². The predicted octanol–water partition coefficient (Wildman–Crippen LogP) is 2.19. The van der Waals surface area contributed by atoms with E-state index in [0.717, 1.165) is 12.2 Å². The van der Waals surface area contributed by atoms with Gasteiger partial charge >= 0.3 is 0 Å². The van der Waals surface area contributed by atoms with Gasteiger partial charge in [-0.2, -0.15) is 5.10 Å². The van der Waals surface area contributed by atoms with Gasteiger partial charge in [0.15, 0.2) is 5.82 Å². The van der Waals surface area contributed by atoms with Crippen LogP contribution >= 0.6 is 0 Å². The number of aromatic nitrogens is 3. The molecule has 1 fully saturated rings. The number of carbonyl (C=O) groups excluding carboxylic acids is 1. The number of nitrogens with one attached hydrogen (secondary N) is 1. The van der Waals surface area contributed by atoms with Crippen LogP contribution in [0.1, 0.15) is 37.0 Å². The summed E-state index contributed by atoms with van der Waals surface area (Å²) in [4.78, 5) is 18.4. The Balaban J connectivity index is 1.80. The largest absolute Gasteiger partial charge is 0.334 e. The zero-order valence-corrected chi connectivity index (χ0v) is 12.5. The lowest BCUT2D eigenvalue weighted by molar-refractivity contribution is -0.136. The van der Waals surface area contributed by atoms with Gasteiger partial charge in [0.05, 0.1) is 6.54 Å². The minimum atomic E-state index is 0.000518. The summed E-state index contributed by atoms with van der Waals surface area (Å²) in [5, 5.41) is 6.96. The first-order chi connectivity index (χ1) is 10.1. The highest BCUT2D eigenvalue weighted by atomic mass is 16.2. The number of amides is 1. The molecule has 1 atom stereocenters. The topological polar surface area (TPSA) is 61.9 Å². The number of benzene rings is 1. The maximum Gasteiger partial charge on any atom is 0.223 e. The Labute approximate surface area is 124 Å². The van der Waals surface area contributed by atoms with E-state index in [9.17, 15) is 4.79 Å². The van der Waals surface area contributed by atoms with E-state index in [4.69, 9.17) is 0 Å². The SMILES string of the molecule is Cc1nc(CN2C[C@@](C)(c3ccccc3)CCC2=O)n[nH]1. The van der Waals surface area contributed by atoms with Crippen molar-refractivity contribution in [3.63, 3.8) is 0 Å². The average Bonchev–Trinajstić information content (AvgIpc) is 2.89. The molecule has 1 N–H and O–H groups in total. The van der Waals surface area contributed by atoms with E-state index >= 15 is 0 Å². The highest BCUT2D eigenvalue weighted by Crippen LogP contribution is 2.34. The number of aromatic amines is 1. The number of piperidine rings is 1. The van der Waals surface area contributed by atoms with Gasteiger partial charge in [0.1, 0.15) is 5.82 Å². The van der Waals surface area contributed by atoms with Crippen LogP contribution in [0, 0.1) is 6.92 Å². The standard InChI is InChI=1S/C16H20N4O/c1-12-17-14(19-18-12)10-20-11-16(2,9-8-15(20)21)13-6-4-3-5-7-13/h3-7H,8-11H2,1-2H3,(H,17,18,19)/t16-/m0/s1. The van der Waals surface area contributed by atoms with Gasteiger partial charge in [0.25, 0.3) is 0 Å². The summed E-state index contributed by atoms with van der Waals surface area (Å²) in [6, 6.07) is 10.4. The lowest BCUT2D eigenvalue weighted by atomic mass is 9.76. The summed E-state index contributed by atoms with van der Waals surface area (Å²) in [6.45, 7) is 5.28. The Bertz CT molecular complexity index is 637. The van der Waals surface area contributed by atoms with E-state index in [1.54, 1.807) is 0 Å². The number of rotatable bonds is 3. The van der Waals surface area contributed by atoms with Crippen molar-refractivity contribution in [1.82, 2.24) is 20.1 Å². The van der Waals surface area contributed by atoms with E-state index in [0.29, 0.717) is 25.3 Å². The smallest absolute Gasteiger partial charge is 0.223 e. The van der Waals surface area contributed by atoms with Gasteiger partial charge in [0.2, 0.25) is 5.91 Å². The monoisotopic (exact) mass is 284 g/mol. The lowest BCUT2D eigenvalue weighted by Gasteiger charge is -2.40. The second-order valence-corrected chi connectivity index (χ2v) is 6.01. The van der Waals surface area contributed by atoms with Crippen LogP contribution < -0.4 is 0 Å². The Morgan fingerprint density at radius 2 is 2.10 bits per heavy atom. The van der Waals surface area contributed by atoms with Gasteiger partial charge in [-0.15, -0.1) is 0 Å². The fraction of sp³-hybridized carbons (Fsp3) is 0.438. The molecule has 5 nitrogen and oxygen atoms in total. The average molecular weight is 284 g/mol. The number of likely N-dealkylation sites (tertiary alicyclic amines) is 1. The Morgan fingerprint density at radius 1 is 1.33 bits per heavy atom. The molecule has 0 spiro atoms. The van der Waals surface area contributed by atoms with Crippen LogP contribution in [0.15, 0.2) is 30.3 Å². The fourth-order valence-electron chi connectivity index (χ4n) is 2.98. The normalized spacial score (nSPS) is 22.6. The minimum Gasteiger partial charge on any atom is -0.334 e. The molecule has 5 heteroatoms. The van der Waals surface area contributed by atoms with Gasteiger partial charge in [-0.25, -0.2) is 4.98 Å². The highest BCUT2D eigenvalue weighted by molar-refractivity contribution is 5.77. The van der Waals surface area contributed by atoms with E-state index in [1.165, 1.54) is 5.56 Å². The van der Waals surface area contributed by atoms with Gasteiger partial charge in [-0.1, -0.05) is 37.3 Å². The molecule has 1 saturated heterocycles. The second-order valence-electron chi connectivity index (χ2n) is 6.01. The second kappa shape index (κ2) is 5.31. The summed E-state index contributed by atoms with van der Waals surface area (Å²) < 4.78 is 0. The molecule has 1 amide bonds. The summed E-state index contributed by atoms with van der Waals surface area (Å²) >= 11 is 0. The number of carbonyl (C=O) groups is 1. The van der Waals surface area contributed by atoms with E-state index in [-0.39, 0.29) is 11.3 Å². The molecule has 3 rings (SSSR count). The molecule has 0 saturated carbocycles. The quantitative estimate of drug-likeness (QED) is 0.939. The Kier molecular flexibility index (Phi) is 3.49. The molecule has 1 aromatic heterocycles. The molecule has 1 aliphatic heterocycles. The first-order valence-corrected chi connectivity index (χ1v) is 7.28. The van der Waals surface area contributed by atoms with Crippen molar-refractivity contribution >= 4 is 5.91 Å². The molecular formula is C16H20N4O. The Hall–Kier alpha value is -2.17. The first-order valence-electron chi connectivity index (χ1n) is 7.28. The third-order valence-corrected chi connectivity index (χ3v) is 4.23. The third kappa shape index (κ3) is 2.82. The van der Waals surface area contributed by atoms with Crippen LogP contribution in [0.4, 0.5) is 0 Å². The molecule has 0 bridgehead atoms. The first kappa shape index (κ1) is 13.8. The maximum absolute atomic E-state index is 12.2. The summed E-state index contributed by atoms with van der Waals surface area (Å²) in [6.07, 6.45) is 1.47.